The highest BCUT2D eigenvalue weighted by Crippen LogP contribution is 2.20. The average Bonchev–Trinajstić information content (AvgIpc) is 2.85. The Morgan fingerprint density at radius 2 is 2.21 bits per heavy atom. The zero-order chi connectivity index (χ0) is 13.8. The Morgan fingerprint density at radius 3 is 2.89 bits per heavy atom. The van der Waals surface area contributed by atoms with Crippen molar-refractivity contribution in [2.75, 3.05) is 37.3 Å². The Labute approximate surface area is 115 Å². The van der Waals surface area contributed by atoms with Gasteiger partial charge in [0.1, 0.15) is 17.5 Å². The summed E-state index contributed by atoms with van der Waals surface area (Å²) < 4.78 is 0. The van der Waals surface area contributed by atoms with Crippen LogP contribution in [0.3, 0.4) is 0 Å². The fourth-order valence-electron chi connectivity index (χ4n) is 2.78. The van der Waals surface area contributed by atoms with E-state index in [4.69, 9.17) is 5.73 Å². The molecular weight excluding hydrogens is 238 g/mol. The van der Waals surface area contributed by atoms with Gasteiger partial charge in [-0.25, -0.2) is 9.97 Å². The Kier molecular flexibility index (Phi) is 4.58. The topological polar surface area (TPSA) is 58.3 Å². The number of hydrogen-bond donors (Lipinski definition) is 1. The molecule has 0 bridgehead atoms. The van der Waals surface area contributed by atoms with Crippen molar-refractivity contribution in [3.8, 4) is 0 Å². The second-order valence-electron chi connectivity index (χ2n) is 5.23. The molecule has 0 aromatic carbocycles. The first kappa shape index (κ1) is 14.1. The Hall–Kier alpha value is -1.36. The highest BCUT2D eigenvalue weighted by molar-refractivity contribution is 5.46. The third-order valence-electron chi connectivity index (χ3n) is 3.88. The van der Waals surface area contributed by atoms with Crippen molar-refractivity contribution >= 4 is 11.6 Å². The maximum absolute atomic E-state index is 5.85. The zero-order valence-corrected chi connectivity index (χ0v) is 12.3. The SMILES string of the molecule is CCc1nc(N)cc(N(C)CC2CCCN2CC)n1. The van der Waals surface area contributed by atoms with Crippen molar-refractivity contribution in [1.29, 1.82) is 0 Å². The van der Waals surface area contributed by atoms with E-state index >= 15 is 0 Å². The summed E-state index contributed by atoms with van der Waals surface area (Å²) >= 11 is 0. The van der Waals surface area contributed by atoms with Gasteiger partial charge in [0.15, 0.2) is 0 Å². The number of aryl methyl sites for hydroxylation is 1. The van der Waals surface area contributed by atoms with Gasteiger partial charge in [-0.15, -0.1) is 0 Å². The minimum absolute atomic E-state index is 0.562. The monoisotopic (exact) mass is 263 g/mol. The second-order valence-corrected chi connectivity index (χ2v) is 5.23. The molecule has 0 saturated carbocycles. The molecular formula is C14H25N5. The van der Waals surface area contributed by atoms with E-state index in [1.807, 2.05) is 13.0 Å². The van der Waals surface area contributed by atoms with E-state index in [-0.39, 0.29) is 0 Å². The lowest BCUT2D eigenvalue weighted by molar-refractivity contribution is 0.270. The van der Waals surface area contributed by atoms with E-state index in [0.29, 0.717) is 11.9 Å². The fraction of sp³-hybridized carbons (Fsp3) is 0.714. The third kappa shape index (κ3) is 3.35. The van der Waals surface area contributed by atoms with Crippen LogP contribution >= 0.6 is 0 Å². The van der Waals surface area contributed by atoms with Crippen LogP contribution in [0.15, 0.2) is 6.07 Å². The second kappa shape index (κ2) is 6.19. The minimum atomic E-state index is 0.562. The number of anilines is 2. The molecule has 1 aromatic rings. The highest BCUT2D eigenvalue weighted by atomic mass is 15.2. The molecule has 0 spiro atoms. The molecule has 1 aromatic heterocycles. The summed E-state index contributed by atoms with van der Waals surface area (Å²) in [5.41, 5.74) is 5.85. The van der Waals surface area contributed by atoms with Crippen molar-refractivity contribution in [2.24, 2.45) is 0 Å². The molecule has 0 radical (unpaired) electrons. The summed E-state index contributed by atoms with van der Waals surface area (Å²) in [5.74, 6) is 2.32. The van der Waals surface area contributed by atoms with Gasteiger partial charge in [-0.2, -0.15) is 0 Å². The third-order valence-corrected chi connectivity index (χ3v) is 3.88. The molecule has 5 heteroatoms. The first-order valence-corrected chi connectivity index (χ1v) is 7.22. The van der Waals surface area contributed by atoms with E-state index in [9.17, 15) is 0 Å². The summed E-state index contributed by atoms with van der Waals surface area (Å²) in [4.78, 5) is 13.5. The van der Waals surface area contributed by atoms with Gasteiger partial charge in [0.05, 0.1) is 0 Å². The molecule has 1 aliphatic heterocycles. The first-order valence-electron chi connectivity index (χ1n) is 7.22. The van der Waals surface area contributed by atoms with Crippen molar-refractivity contribution in [1.82, 2.24) is 14.9 Å². The van der Waals surface area contributed by atoms with Crippen molar-refractivity contribution < 1.29 is 0 Å². The molecule has 1 aliphatic rings. The van der Waals surface area contributed by atoms with E-state index < -0.39 is 0 Å². The predicted molar refractivity (Wildman–Crippen MR) is 79.4 cm³/mol. The highest BCUT2D eigenvalue weighted by Gasteiger charge is 2.24. The summed E-state index contributed by atoms with van der Waals surface area (Å²) in [7, 11) is 2.09. The lowest BCUT2D eigenvalue weighted by Crippen LogP contribution is -2.39. The van der Waals surface area contributed by atoms with Gasteiger partial charge in [-0.3, -0.25) is 4.90 Å². The zero-order valence-electron chi connectivity index (χ0n) is 12.3. The predicted octanol–water partition coefficient (Wildman–Crippen LogP) is 1.54. The summed E-state index contributed by atoms with van der Waals surface area (Å²) in [5, 5.41) is 0. The number of likely N-dealkylation sites (N-methyl/N-ethyl adjacent to an activating group) is 2. The molecule has 1 fully saturated rings. The molecule has 0 aliphatic carbocycles. The van der Waals surface area contributed by atoms with Gasteiger partial charge >= 0.3 is 0 Å². The van der Waals surface area contributed by atoms with Crippen LogP contribution in [-0.4, -0.2) is 47.6 Å². The number of likely N-dealkylation sites (tertiary alicyclic amines) is 1. The van der Waals surface area contributed by atoms with Crippen LogP contribution in [0.5, 0.6) is 0 Å². The van der Waals surface area contributed by atoms with Crippen LogP contribution in [0.1, 0.15) is 32.5 Å². The van der Waals surface area contributed by atoms with Crippen molar-refractivity contribution in [3.63, 3.8) is 0 Å². The molecule has 1 unspecified atom stereocenters. The standard InChI is InChI=1S/C14H25N5/c1-4-13-16-12(15)9-14(17-13)18(3)10-11-7-6-8-19(11)5-2/h9,11H,4-8,10H2,1-3H3,(H2,15,16,17). The summed E-state index contributed by atoms with van der Waals surface area (Å²) in [6.07, 6.45) is 3.40. The Bertz CT molecular complexity index is 420. The van der Waals surface area contributed by atoms with Crippen LogP contribution in [0.4, 0.5) is 11.6 Å². The van der Waals surface area contributed by atoms with Crippen molar-refractivity contribution in [2.45, 2.75) is 39.2 Å². The first-order chi connectivity index (χ1) is 9.13. The molecule has 1 saturated heterocycles. The van der Waals surface area contributed by atoms with E-state index in [2.05, 4.69) is 33.7 Å². The van der Waals surface area contributed by atoms with Gasteiger partial charge in [0.25, 0.3) is 0 Å². The lowest BCUT2D eigenvalue weighted by atomic mass is 10.2. The number of nitrogens with two attached hydrogens (primary N) is 1. The van der Waals surface area contributed by atoms with Crippen LogP contribution in [0.25, 0.3) is 0 Å². The Balaban J connectivity index is 2.06. The minimum Gasteiger partial charge on any atom is -0.384 e. The van der Waals surface area contributed by atoms with Gasteiger partial charge in [-0.1, -0.05) is 13.8 Å². The largest absolute Gasteiger partial charge is 0.384 e. The normalized spacial score (nSPS) is 19.8. The van der Waals surface area contributed by atoms with Crippen molar-refractivity contribution in [3.05, 3.63) is 11.9 Å². The van der Waals surface area contributed by atoms with Gasteiger partial charge in [-0.05, 0) is 25.9 Å². The molecule has 5 nitrogen and oxygen atoms in total. The fourth-order valence-corrected chi connectivity index (χ4v) is 2.78. The number of hydrogen-bond acceptors (Lipinski definition) is 5. The molecule has 2 N–H and O–H groups in total. The molecule has 2 heterocycles. The van der Waals surface area contributed by atoms with Gasteiger partial charge in [0, 0.05) is 32.1 Å². The summed E-state index contributed by atoms with van der Waals surface area (Å²) in [6, 6.07) is 2.50. The lowest BCUT2D eigenvalue weighted by Gasteiger charge is -2.28. The van der Waals surface area contributed by atoms with Crippen LogP contribution in [-0.2, 0) is 6.42 Å². The van der Waals surface area contributed by atoms with E-state index in [0.717, 1.165) is 31.2 Å². The maximum Gasteiger partial charge on any atom is 0.134 e. The number of nitrogen functional groups attached to an aromatic ring is 1. The number of rotatable bonds is 5. The van der Waals surface area contributed by atoms with Gasteiger partial charge < -0.3 is 10.6 Å². The molecule has 106 valence electrons. The van der Waals surface area contributed by atoms with Crippen LogP contribution in [0, 0.1) is 0 Å². The van der Waals surface area contributed by atoms with E-state index in [1.165, 1.54) is 19.4 Å². The maximum atomic E-state index is 5.85. The number of nitrogens with zero attached hydrogens (tertiary/aromatic N) is 4. The smallest absolute Gasteiger partial charge is 0.134 e. The van der Waals surface area contributed by atoms with Crippen LogP contribution in [0.2, 0.25) is 0 Å². The summed E-state index contributed by atoms with van der Waals surface area (Å²) in [6.45, 7) is 7.64. The van der Waals surface area contributed by atoms with E-state index in [1.54, 1.807) is 0 Å². The van der Waals surface area contributed by atoms with Gasteiger partial charge in [0.2, 0.25) is 0 Å². The number of aromatic nitrogens is 2. The molecule has 0 amide bonds. The Morgan fingerprint density at radius 1 is 1.42 bits per heavy atom. The molecule has 1 atom stereocenters. The molecule has 2 rings (SSSR count). The quantitative estimate of drug-likeness (QED) is 0.873. The van der Waals surface area contributed by atoms with Crippen LogP contribution < -0.4 is 10.6 Å². The average molecular weight is 263 g/mol. The molecule has 19 heavy (non-hydrogen) atoms.